The molecule has 7 nitrogen and oxygen atoms in total. The van der Waals surface area contributed by atoms with Gasteiger partial charge in [0.15, 0.2) is 18.1 Å². The van der Waals surface area contributed by atoms with Crippen LogP contribution in [0.1, 0.15) is 23.6 Å². The van der Waals surface area contributed by atoms with Crippen LogP contribution in [0.25, 0.3) is 0 Å². The number of nitrogens with zero attached hydrogens (tertiary/aromatic N) is 1. The molecule has 0 atom stereocenters. The molecule has 0 aliphatic carbocycles. The van der Waals surface area contributed by atoms with Crippen molar-refractivity contribution in [2.24, 2.45) is 5.10 Å². The Hall–Kier alpha value is -3.72. The average molecular weight is 542 g/mol. The van der Waals surface area contributed by atoms with Gasteiger partial charge in [-0.15, -0.1) is 0 Å². The van der Waals surface area contributed by atoms with Crippen LogP contribution in [-0.4, -0.2) is 31.2 Å². The van der Waals surface area contributed by atoms with Gasteiger partial charge in [0.25, 0.3) is 5.91 Å². The topological polar surface area (TPSA) is 89.0 Å². The number of hydrogen-bond acceptors (Lipinski definition) is 5. The van der Waals surface area contributed by atoms with Crippen LogP contribution in [0.3, 0.4) is 0 Å². The van der Waals surface area contributed by atoms with Gasteiger partial charge in [-0.1, -0.05) is 29.8 Å². The lowest BCUT2D eigenvalue weighted by atomic mass is 10.1. The Balaban J connectivity index is 1.60. The highest BCUT2D eigenvalue weighted by atomic mass is 79.9. The minimum atomic E-state index is -0.360. The Morgan fingerprint density at radius 1 is 1.00 bits per heavy atom. The van der Waals surface area contributed by atoms with Crippen LogP contribution in [0.4, 0.5) is 10.1 Å². The number of hydrazone groups is 1. The van der Waals surface area contributed by atoms with Gasteiger partial charge in [-0.25, -0.2) is 9.82 Å². The standard InChI is InChI=1S/C26H25BrFN3O4/c1-3-34-23-13-19(15-29-31-25(32)12-18-6-8-20(28)9-7-18)22(27)14-24(23)35-16-26(33)30-21-10-4-17(2)5-11-21/h4-11,13-15H,3,12,16H2,1-2H3,(H,30,33)(H,31,32)/b29-15+. The number of ether oxygens (including phenoxy) is 2. The van der Waals surface area contributed by atoms with Crippen LogP contribution in [0.5, 0.6) is 11.5 Å². The fourth-order valence-electron chi connectivity index (χ4n) is 3.01. The number of carbonyl (C=O) groups is 2. The third-order valence-corrected chi connectivity index (χ3v) is 5.41. The molecule has 0 saturated carbocycles. The van der Waals surface area contributed by atoms with Gasteiger partial charge < -0.3 is 14.8 Å². The largest absolute Gasteiger partial charge is 0.490 e. The predicted octanol–water partition coefficient (Wildman–Crippen LogP) is 5.01. The smallest absolute Gasteiger partial charge is 0.262 e. The first-order valence-corrected chi connectivity index (χ1v) is 11.7. The number of aryl methyl sites for hydroxylation is 1. The molecule has 0 saturated heterocycles. The van der Waals surface area contributed by atoms with Crippen LogP contribution < -0.4 is 20.2 Å². The highest BCUT2D eigenvalue weighted by Crippen LogP contribution is 2.33. The van der Waals surface area contributed by atoms with E-state index >= 15 is 0 Å². The summed E-state index contributed by atoms with van der Waals surface area (Å²) in [7, 11) is 0. The molecule has 2 amide bonds. The van der Waals surface area contributed by atoms with Gasteiger partial charge in [-0.3, -0.25) is 9.59 Å². The average Bonchev–Trinajstić information content (AvgIpc) is 2.83. The monoisotopic (exact) mass is 541 g/mol. The maximum absolute atomic E-state index is 13.0. The molecule has 0 fully saturated rings. The van der Waals surface area contributed by atoms with Crippen molar-refractivity contribution in [2.45, 2.75) is 20.3 Å². The fraction of sp³-hybridized carbons (Fsp3) is 0.192. The zero-order valence-corrected chi connectivity index (χ0v) is 20.9. The first-order valence-electron chi connectivity index (χ1n) is 10.9. The predicted molar refractivity (Wildman–Crippen MR) is 136 cm³/mol. The molecular weight excluding hydrogens is 517 g/mol. The van der Waals surface area contributed by atoms with Crippen molar-refractivity contribution < 1.29 is 23.5 Å². The summed E-state index contributed by atoms with van der Waals surface area (Å²) in [5, 5.41) is 6.76. The van der Waals surface area contributed by atoms with Crippen molar-refractivity contribution in [2.75, 3.05) is 18.5 Å². The van der Waals surface area contributed by atoms with E-state index in [2.05, 4.69) is 31.8 Å². The molecule has 9 heteroatoms. The van der Waals surface area contributed by atoms with Crippen LogP contribution >= 0.6 is 15.9 Å². The number of halogens is 2. The van der Waals surface area contributed by atoms with Gasteiger partial charge >= 0.3 is 0 Å². The third-order valence-electron chi connectivity index (χ3n) is 4.73. The van der Waals surface area contributed by atoms with Gasteiger partial charge in [-0.2, -0.15) is 5.10 Å². The maximum Gasteiger partial charge on any atom is 0.262 e. The van der Waals surface area contributed by atoms with E-state index in [4.69, 9.17) is 9.47 Å². The summed E-state index contributed by atoms with van der Waals surface area (Å²) in [6.07, 6.45) is 1.53. The molecule has 2 N–H and O–H groups in total. The quantitative estimate of drug-likeness (QED) is 0.279. The van der Waals surface area contributed by atoms with Gasteiger partial charge in [0, 0.05) is 15.7 Å². The Labute approximate surface area is 211 Å². The Morgan fingerprint density at radius 3 is 2.37 bits per heavy atom. The second-order valence-corrected chi connectivity index (χ2v) is 8.41. The van der Waals surface area contributed by atoms with E-state index in [0.29, 0.717) is 39.4 Å². The second kappa shape index (κ2) is 12.7. The fourth-order valence-corrected chi connectivity index (χ4v) is 3.43. The summed E-state index contributed by atoms with van der Waals surface area (Å²) in [5.41, 5.74) is 5.53. The third kappa shape index (κ3) is 8.22. The minimum Gasteiger partial charge on any atom is -0.490 e. The Kier molecular flexibility index (Phi) is 9.37. The molecule has 3 rings (SSSR count). The molecule has 0 heterocycles. The summed E-state index contributed by atoms with van der Waals surface area (Å²) in [6, 6.07) is 16.5. The Morgan fingerprint density at radius 2 is 1.69 bits per heavy atom. The second-order valence-electron chi connectivity index (χ2n) is 7.55. The summed E-state index contributed by atoms with van der Waals surface area (Å²) >= 11 is 3.45. The molecular formula is C26H25BrFN3O4. The molecule has 0 bridgehead atoms. The Bertz CT molecular complexity index is 1200. The van der Waals surface area contributed by atoms with Gasteiger partial charge in [0.1, 0.15) is 5.82 Å². The lowest BCUT2D eigenvalue weighted by molar-refractivity contribution is -0.120. The first kappa shape index (κ1) is 25.9. The zero-order chi connectivity index (χ0) is 25.2. The highest BCUT2D eigenvalue weighted by Gasteiger charge is 2.12. The lowest BCUT2D eigenvalue weighted by Gasteiger charge is -2.14. The summed E-state index contributed by atoms with van der Waals surface area (Å²) < 4.78 is 25.0. The first-order chi connectivity index (χ1) is 16.8. The summed E-state index contributed by atoms with van der Waals surface area (Å²) in [4.78, 5) is 24.4. The number of amides is 2. The van der Waals surface area contributed by atoms with Crippen molar-refractivity contribution in [1.29, 1.82) is 0 Å². The van der Waals surface area contributed by atoms with Crippen molar-refractivity contribution in [1.82, 2.24) is 5.43 Å². The van der Waals surface area contributed by atoms with E-state index in [9.17, 15) is 14.0 Å². The number of anilines is 1. The van der Waals surface area contributed by atoms with E-state index < -0.39 is 0 Å². The van der Waals surface area contributed by atoms with E-state index in [0.717, 1.165) is 5.56 Å². The number of benzene rings is 3. The molecule has 0 unspecified atom stereocenters. The molecule has 0 aliphatic rings. The molecule has 0 aliphatic heterocycles. The SMILES string of the molecule is CCOc1cc(/C=N/NC(=O)Cc2ccc(F)cc2)c(Br)cc1OCC(=O)Nc1ccc(C)cc1. The highest BCUT2D eigenvalue weighted by molar-refractivity contribution is 9.10. The van der Waals surface area contributed by atoms with Crippen molar-refractivity contribution in [3.8, 4) is 11.5 Å². The molecule has 3 aromatic carbocycles. The van der Waals surface area contributed by atoms with E-state index in [-0.39, 0.29) is 30.7 Å². The molecule has 0 aromatic heterocycles. The normalized spacial score (nSPS) is 10.7. The van der Waals surface area contributed by atoms with E-state index in [1.54, 1.807) is 24.3 Å². The maximum atomic E-state index is 13.0. The molecule has 0 radical (unpaired) electrons. The van der Waals surface area contributed by atoms with Gasteiger partial charge in [0.05, 0.1) is 19.2 Å². The van der Waals surface area contributed by atoms with Crippen LogP contribution in [0.2, 0.25) is 0 Å². The molecule has 35 heavy (non-hydrogen) atoms. The number of hydrogen-bond donors (Lipinski definition) is 2. The van der Waals surface area contributed by atoms with Crippen LogP contribution in [-0.2, 0) is 16.0 Å². The minimum absolute atomic E-state index is 0.0699. The molecule has 182 valence electrons. The van der Waals surface area contributed by atoms with Gasteiger partial charge in [-0.05, 0) is 71.7 Å². The van der Waals surface area contributed by atoms with Crippen LogP contribution in [0.15, 0.2) is 70.2 Å². The van der Waals surface area contributed by atoms with Crippen molar-refractivity contribution in [3.63, 3.8) is 0 Å². The van der Waals surface area contributed by atoms with Gasteiger partial charge in [0.2, 0.25) is 5.91 Å². The summed E-state index contributed by atoms with van der Waals surface area (Å²) in [6.45, 7) is 3.99. The van der Waals surface area contributed by atoms with E-state index in [1.807, 2.05) is 38.1 Å². The van der Waals surface area contributed by atoms with E-state index in [1.165, 1.54) is 18.3 Å². The number of nitrogens with one attached hydrogen (secondary N) is 2. The van der Waals surface area contributed by atoms with Crippen LogP contribution in [0, 0.1) is 12.7 Å². The number of rotatable bonds is 10. The zero-order valence-electron chi connectivity index (χ0n) is 19.3. The summed E-state index contributed by atoms with van der Waals surface area (Å²) in [5.74, 6) is -0.190. The number of carbonyl (C=O) groups excluding carboxylic acids is 2. The van der Waals surface area contributed by atoms with Crippen molar-refractivity contribution >= 4 is 39.6 Å². The lowest BCUT2D eigenvalue weighted by Crippen LogP contribution is -2.20. The van der Waals surface area contributed by atoms with Crippen molar-refractivity contribution in [3.05, 3.63) is 87.6 Å². The molecule has 3 aromatic rings. The molecule has 0 spiro atoms.